The van der Waals surface area contributed by atoms with Crippen molar-refractivity contribution in [2.45, 2.75) is 37.0 Å². The fourth-order valence-electron chi connectivity index (χ4n) is 7.60. The van der Waals surface area contributed by atoms with E-state index in [1.807, 2.05) is 31.7 Å². The first kappa shape index (κ1) is 45.8. The Bertz CT molecular complexity index is 2370. The molecule has 0 unspecified atom stereocenters. The van der Waals surface area contributed by atoms with Gasteiger partial charge in [0, 0.05) is 120 Å². The largest absolute Gasteiger partial charge is 0.490 e. The molecule has 5 fully saturated rings. The van der Waals surface area contributed by atoms with E-state index in [0.29, 0.717) is 40.0 Å². The first-order chi connectivity index (χ1) is 29.9. The molecule has 7 heterocycles. The maximum absolute atomic E-state index is 13.1. The van der Waals surface area contributed by atoms with E-state index in [1.165, 1.54) is 49.0 Å². The third-order valence-electron chi connectivity index (χ3n) is 11.3. The number of halogens is 4. The van der Waals surface area contributed by atoms with Gasteiger partial charge in [-0.15, -0.1) is 0 Å². The van der Waals surface area contributed by atoms with Gasteiger partial charge in [0.1, 0.15) is 22.8 Å². The van der Waals surface area contributed by atoms with Crippen LogP contribution in [0.3, 0.4) is 0 Å². The molecular formula is C41H49ClF3N9O8S. The zero-order valence-electron chi connectivity index (χ0n) is 34.9. The van der Waals surface area contributed by atoms with Gasteiger partial charge in [-0.3, -0.25) is 19.3 Å². The number of alkyl halides is 3. The second-order valence-corrected chi connectivity index (χ2v) is 18.6. The summed E-state index contributed by atoms with van der Waals surface area (Å²) in [4.78, 5) is 67.9. The first-order valence-electron chi connectivity index (χ1n) is 20.7. The van der Waals surface area contributed by atoms with Crippen molar-refractivity contribution in [3.63, 3.8) is 0 Å². The molecule has 1 N–H and O–H groups in total. The summed E-state index contributed by atoms with van der Waals surface area (Å²) in [6.07, 6.45) is 3.50. The lowest BCUT2D eigenvalue weighted by Crippen LogP contribution is -2.50. The van der Waals surface area contributed by atoms with Gasteiger partial charge < -0.3 is 34.0 Å². The predicted molar refractivity (Wildman–Crippen MR) is 222 cm³/mol. The smallest absolute Gasteiger partial charge is 0.475 e. The van der Waals surface area contributed by atoms with Crippen LogP contribution in [0.15, 0.2) is 69.4 Å². The predicted octanol–water partition coefficient (Wildman–Crippen LogP) is 2.82. The number of ketones is 2. The van der Waals surface area contributed by atoms with Gasteiger partial charge in [-0.05, 0) is 51.0 Å². The SMILES string of the molecule is CN1CCC(CN2CCN(C(=O)CCc3oc(-n4ccnc4S(C)(=O)=O)nc3-c3ccc(Cl)cc3)CC2)CC1.O=C(O)C(F)(F)F.O=C1C=C(N2CC2)C(=O)C(N2CC2)=C1N1CC1. The average Bonchev–Trinajstić information content (AvgIpc) is 4.16. The van der Waals surface area contributed by atoms with E-state index in [9.17, 15) is 36.0 Å². The fraction of sp³-hybridized carbons (Fsp3) is 0.512. The number of aryl methyl sites for hydroxylation is 1. The van der Waals surface area contributed by atoms with Crippen LogP contribution in [0.2, 0.25) is 5.02 Å². The Labute approximate surface area is 367 Å². The number of carboxylic acids is 1. The van der Waals surface area contributed by atoms with Gasteiger partial charge in [0.2, 0.25) is 32.5 Å². The number of carbonyl (C=O) groups is 4. The van der Waals surface area contributed by atoms with Crippen molar-refractivity contribution in [2.24, 2.45) is 5.92 Å². The number of rotatable bonds is 11. The highest BCUT2D eigenvalue weighted by Crippen LogP contribution is 2.34. The fourth-order valence-corrected chi connectivity index (χ4v) is 8.47. The molecule has 0 bridgehead atoms. The van der Waals surface area contributed by atoms with Gasteiger partial charge in [0.05, 0.1) is 5.70 Å². The van der Waals surface area contributed by atoms with Crippen molar-refractivity contribution in [2.75, 3.05) is 98.4 Å². The molecule has 6 aliphatic rings. The number of carbonyl (C=O) groups excluding carboxylic acids is 3. The van der Waals surface area contributed by atoms with Crippen LogP contribution < -0.4 is 0 Å². The van der Waals surface area contributed by atoms with Crippen molar-refractivity contribution in [3.8, 4) is 17.3 Å². The van der Waals surface area contributed by atoms with Crippen molar-refractivity contribution >= 4 is 44.9 Å². The maximum atomic E-state index is 13.1. The number of likely N-dealkylation sites (tertiary alicyclic amines) is 1. The van der Waals surface area contributed by atoms with Gasteiger partial charge in [0.25, 0.3) is 0 Å². The Hall–Kier alpha value is -5.25. The number of hydrogen-bond donors (Lipinski definition) is 1. The zero-order chi connectivity index (χ0) is 45.2. The molecule has 5 aliphatic heterocycles. The number of Topliss-reactive ketones (excluding diaryl/α,β-unsaturated/α-hetero) is 1. The number of nitrogens with zero attached hydrogens (tertiary/aromatic N) is 9. The van der Waals surface area contributed by atoms with E-state index in [0.717, 1.165) is 89.7 Å². The lowest BCUT2D eigenvalue weighted by atomic mass is 9.96. The van der Waals surface area contributed by atoms with Crippen molar-refractivity contribution in [1.82, 2.24) is 43.9 Å². The summed E-state index contributed by atoms with van der Waals surface area (Å²) in [5.74, 6) is -1.38. The number of imidazole rings is 1. The average molecular weight is 920 g/mol. The third kappa shape index (κ3) is 11.7. The van der Waals surface area contributed by atoms with Gasteiger partial charge in [0.15, 0.2) is 0 Å². The molecule has 0 atom stereocenters. The number of aliphatic carboxylic acids is 1. The van der Waals surface area contributed by atoms with Crippen molar-refractivity contribution in [1.29, 1.82) is 0 Å². The topological polar surface area (TPSA) is 185 Å². The number of hydrogen-bond acceptors (Lipinski definition) is 14. The molecule has 9 rings (SSSR count). The summed E-state index contributed by atoms with van der Waals surface area (Å²) in [6, 6.07) is 7.24. The quantitative estimate of drug-likeness (QED) is 0.219. The van der Waals surface area contributed by atoms with Crippen LogP contribution in [0.1, 0.15) is 25.0 Å². The molecule has 0 saturated carbocycles. The van der Waals surface area contributed by atoms with Gasteiger partial charge in [-0.25, -0.2) is 22.8 Å². The number of piperazine rings is 1. The second kappa shape index (κ2) is 18.8. The van der Waals surface area contributed by atoms with E-state index in [4.69, 9.17) is 25.9 Å². The van der Waals surface area contributed by atoms with Crippen LogP contribution in [0.5, 0.6) is 0 Å². The summed E-state index contributed by atoms with van der Waals surface area (Å²) in [5.41, 5.74) is 3.20. The Morgan fingerprint density at radius 2 is 1.48 bits per heavy atom. The monoisotopic (exact) mass is 919 g/mol. The summed E-state index contributed by atoms with van der Waals surface area (Å²) in [6.45, 7) is 12.1. The number of sulfone groups is 1. The molecule has 340 valence electrons. The molecule has 1 aliphatic carbocycles. The minimum absolute atomic E-state index is 0.00546. The van der Waals surface area contributed by atoms with Gasteiger partial charge >= 0.3 is 18.2 Å². The summed E-state index contributed by atoms with van der Waals surface area (Å²) >= 11 is 6.08. The van der Waals surface area contributed by atoms with Gasteiger partial charge in [-0.1, -0.05) is 23.7 Å². The number of amides is 1. The molecule has 22 heteroatoms. The summed E-state index contributed by atoms with van der Waals surface area (Å²) < 4.78 is 63.5. The number of carboxylic acid groups (broad SMARTS) is 1. The van der Waals surface area contributed by atoms with E-state index < -0.39 is 22.0 Å². The normalized spacial score (nSPS) is 19.6. The first-order valence-corrected chi connectivity index (χ1v) is 22.9. The molecule has 1 amide bonds. The molecule has 5 saturated heterocycles. The lowest BCUT2D eigenvalue weighted by Gasteiger charge is -2.38. The van der Waals surface area contributed by atoms with Crippen LogP contribution in [0, 0.1) is 5.92 Å². The van der Waals surface area contributed by atoms with Crippen molar-refractivity contribution in [3.05, 3.63) is 70.6 Å². The van der Waals surface area contributed by atoms with Crippen LogP contribution in [0.25, 0.3) is 17.3 Å². The summed E-state index contributed by atoms with van der Waals surface area (Å²) in [5, 5.41) is 7.55. The highest BCUT2D eigenvalue weighted by molar-refractivity contribution is 7.90. The minimum atomic E-state index is -5.08. The number of aromatic nitrogens is 3. The van der Waals surface area contributed by atoms with Crippen LogP contribution in [-0.2, 0) is 35.4 Å². The lowest BCUT2D eigenvalue weighted by molar-refractivity contribution is -0.192. The van der Waals surface area contributed by atoms with E-state index in [2.05, 4.69) is 26.8 Å². The Morgan fingerprint density at radius 3 is 2.03 bits per heavy atom. The maximum Gasteiger partial charge on any atom is 0.490 e. The minimum Gasteiger partial charge on any atom is -0.475 e. The second-order valence-electron chi connectivity index (χ2n) is 16.2. The highest BCUT2D eigenvalue weighted by Gasteiger charge is 2.43. The number of allylic oxidation sites excluding steroid dienone is 1. The van der Waals surface area contributed by atoms with Crippen LogP contribution in [0.4, 0.5) is 13.2 Å². The van der Waals surface area contributed by atoms with Crippen LogP contribution in [-0.4, -0.2) is 185 Å². The zero-order valence-corrected chi connectivity index (χ0v) is 36.5. The molecule has 63 heavy (non-hydrogen) atoms. The third-order valence-corrected chi connectivity index (χ3v) is 12.5. The summed E-state index contributed by atoms with van der Waals surface area (Å²) in [7, 11) is -1.42. The molecule has 3 aromatic rings. The van der Waals surface area contributed by atoms with E-state index in [1.54, 1.807) is 12.1 Å². The Morgan fingerprint density at radius 1 is 0.889 bits per heavy atom. The standard InChI is InChI=1S/C27H35ClN6O4S.C12H13N3O2.C2HF3O2/c1-31-12-9-20(10-13-31)19-32-15-17-33(18-16-32)24(35)8-7-23-25(21-3-5-22(28)6-4-21)30-26(38-23)34-14-11-29-27(34)39(2,36)37;16-9-7-8(13-1-2-13)12(17)11(15-5-6-15)10(9)14-3-4-14;3-2(4,5)1(6)7/h3-6,11,14,20H,7-10,12-13,15-19H2,1-2H3;7H,1-6H2;(H,6,7). The molecule has 2 aromatic heterocycles. The number of oxazole rings is 1. The number of piperidine rings is 1. The Balaban J connectivity index is 0.000000201. The highest BCUT2D eigenvalue weighted by atomic mass is 35.5. The van der Waals surface area contributed by atoms with E-state index in [-0.39, 0.29) is 35.1 Å². The van der Waals surface area contributed by atoms with Crippen LogP contribution >= 0.6 is 11.6 Å². The molecule has 0 spiro atoms. The molecule has 0 radical (unpaired) electrons. The Kier molecular flexibility index (Phi) is 13.7. The molecular weight excluding hydrogens is 871 g/mol. The molecule has 17 nitrogen and oxygen atoms in total. The molecule has 1 aromatic carbocycles. The van der Waals surface area contributed by atoms with Crippen molar-refractivity contribution < 1.29 is 50.3 Å². The van der Waals surface area contributed by atoms with Gasteiger partial charge in [-0.2, -0.15) is 18.2 Å². The number of benzene rings is 1. The van der Waals surface area contributed by atoms with E-state index >= 15 is 0 Å².